The third kappa shape index (κ3) is 3.89. The number of alkyl halides is 3. The smallest absolute Gasteiger partial charge is 0.410 e. The predicted molar refractivity (Wildman–Crippen MR) is 110 cm³/mol. The van der Waals surface area contributed by atoms with Gasteiger partial charge >= 0.3 is 6.18 Å². The third-order valence-electron chi connectivity index (χ3n) is 5.29. The number of methoxy groups -OCH3 is 2. The Kier molecular flexibility index (Phi) is 5.23. The van der Waals surface area contributed by atoms with E-state index >= 15 is 0 Å². The Bertz CT molecular complexity index is 1130. The van der Waals surface area contributed by atoms with Crippen molar-refractivity contribution in [1.29, 1.82) is 0 Å². The van der Waals surface area contributed by atoms with E-state index < -0.39 is 18.3 Å². The number of nitrogens with one attached hydrogen (secondary N) is 1. The summed E-state index contributed by atoms with van der Waals surface area (Å²) in [5.74, 6) is 1.23. The van der Waals surface area contributed by atoms with E-state index in [2.05, 4.69) is 15.3 Å². The number of hydrogen-bond donors (Lipinski definition) is 1. The molecule has 0 bridgehead atoms. The standard InChI is InChI=1S/C22H19F3N4O2/c1-26-15-7-4-13(5-8-15)17-12-21-27-16(11-20(22(23,24)25)29(21)28-17)14-6-9-18(30-2)19(10-14)31-3/h4-10,12,16,20,27H,11H2,2-3H3. The summed E-state index contributed by atoms with van der Waals surface area (Å²) in [5, 5.41) is 7.40. The molecule has 2 aromatic carbocycles. The van der Waals surface area contributed by atoms with Crippen molar-refractivity contribution in [3.05, 3.63) is 65.5 Å². The van der Waals surface area contributed by atoms with Crippen LogP contribution in [-0.2, 0) is 0 Å². The summed E-state index contributed by atoms with van der Waals surface area (Å²) in [4.78, 5) is 3.33. The van der Waals surface area contributed by atoms with E-state index in [-0.39, 0.29) is 12.2 Å². The van der Waals surface area contributed by atoms with Gasteiger partial charge in [-0.15, -0.1) is 0 Å². The van der Waals surface area contributed by atoms with Gasteiger partial charge in [-0.2, -0.15) is 18.3 Å². The van der Waals surface area contributed by atoms with Gasteiger partial charge in [-0.05, 0) is 23.3 Å². The van der Waals surface area contributed by atoms with Crippen molar-refractivity contribution >= 4 is 11.5 Å². The first-order valence-corrected chi connectivity index (χ1v) is 9.46. The first kappa shape index (κ1) is 20.6. The second-order valence-corrected chi connectivity index (χ2v) is 7.12. The number of anilines is 1. The Hall–Kier alpha value is -3.67. The maximum Gasteiger partial charge on any atom is 0.410 e. The summed E-state index contributed by atoms with van der Waals surface area (Å²) in [6, 6.07) is 10.9. The number of aromatic nitrogens is 2. The summed E-state index contributed by atoms with van der Waals surface area (Å²) in [6.45, 7) is 7.03. The van der Waals surface area contributed by atoms with Gasteiger partial charge < -0.3 is 14.8 Å². The minimum absolute atomic E-state index is 0.218. The van der Waals surface area contributed by atoms with Crippen molar-refractivity contribution in [3.8, 4) is 22.8 Å². The fraction of sp³-hybridized carbons (Fsp3) is 0.273. The average Bonchev–Trinajstić information content (AvgIpc) is 3.21. The van der Waals surface area contributed by atoms with Gasteiger partial charge in [-0.1, -0.05) is 30.3 Å². The molecule has 1 aromatic heterocycles. The van der Waals surface area contributed by atoms with Gasteiger partial charge in [0.1, 0.15) is 5.82 Å². The van der Waals surface area contributed by atoms with E-state index in [1.54, 1.807) is 48.5 Å². The van der Waals surface area contributed by atoms with Gasteiger partial charge in [0.25, 0.3) is 0 Å². The van der Waals surface area contributed by atoms with Gasteiger partial charge in [0.15, 0.2) is 23.2 Å². The second kappa shape index (κ2) is 7.87. The molecular weight excluding hydrogens is 409 g/mol. The van der Waals surface area contributed by atoms with Gasteiger partial charge in [0, 0.05) is 12.5 Å². The number of halogens is 3. The third-order valence-corrected chi connectivity index (χ3v) is 5.29. The minimum atomic E-state index is -4.47. The van der Waals surface area contributed by atoms with Crippen LogP contribution in [0.1, 0.15) is 24.1 Å². The van der Waals surface area contributed by atoms with Crippen LogP contribution in [0, 0.1) is 6.57 Å². The normalized spacial score (nSPS) is 17.9. The zero-order valence-corrected chi connectivity index (χ0v) is 16.8. The molecule has 1 N–H and O–H groups in total. The van der Waals surface area contributed by atoms with Crippen LogP contribution in [0.4, 0.5) is 24.7 Å². The number of fused-ring (bicyclic) bond motifs is 1. The largest absolute Gasteiger partial charge is 0.493 e. The highest BCUT2D eigenvalue weighted by atomic mass is 19.4. The van der Waals surface area contributed by atoms with Gasteiger partial charge in [0.2, 0.25) is 0 Å². The van der Waals surface area contributed by atoms with Gasteiger partial charge in [-0.25, -0.2) is 9.53 Å². The first-order valence-electron chi connectivity index (χ1n) is 9.46. The molecule has 2 unspecified atom stereocenters. The fourth-order valence-electron chi connectivity index (χ4n) is 3.71. The van der Waals surface area contributed by atoms with Crippen LogP contribution < -0.4 is 14.8 Å². The molecule has 0 aliphatic carbocycles. The zero-order chi connectivity index (χ0) is 22.2. The monoisotopic (exact) mass is 428 g/mol. The number of benzene rings is 2. The van der Waals surface area contributed by atoms with E-state index in [0.29, 0.717) is 34.0 Å². The van der Waals surface area contributed by atoms with Crippen LogP contribution in [0.2, 0.25) is 0 Å². The molecule has 9 heteroatoms. The molecule has 2 heterocycles. The lowest BCUT2D eigenvalue weighted by molar-refractivity contribution is -0.173. The molecule has 1 aliphatic heterocycles. The fourth-order valence-corrected chi connectivity index (χ4v) is 3.71. The molecule has 6 nitrogen and oxygen atoms in total. The summed E-state index contributed by atoms with van der Waals surface area (Å²) in [5.41, 5.74) is 2.15. The molecule has 0 amide bonds. The Morgan fingerprint density at radius 3 is 2.39 bits per heavy atom. The van der Waals surface area contributed by atoms with Crippen molar-refractivity contribution < 1.29 is 22.6 Å². The molecule has 0 radical (unpaired) electrons. The van der Waals surface area contributed by atoms with Crippen LogP contribution in [0.15, 0.2) is 48.5 Å². The molecule has 2 atom stereocenters. The van der Waals surface area contributed by atoms with Crippen molar-refractivity contribution in [1.82, 2.24) is 9.78 Å². The molecule has 0 spiro atoms. The zero-order valence-electron chi connectivity index (χ0n) is 16.8. The predicted octanol–water partition coefficient (Wildman–Crippen LogP) is 5.78. The second-order valence-electron chi connectivity index (χ2n) is 7.12. The Morgan fingerprint density at radius 1 is 1.06 bits per heavy atom. The summed E-state index contributed by atoms with van der Waals surface area (Å²) >= 11 is 0. The maximum atomic E-state index is 13.9. The minimum Gasteiger partial charge on any atom is -0.493 e. The molecule has 31 heavy (non-hydrogen) atoms. The van der Waals surface area contributed by atoms with Crippen molar-refractivity contribution in [3.63, 3.8) is 0 Å². The number of rotatable bonds is 4. The molecule has 160 valence electrons. The van der Waals surface area contributed by atoms with Gasteiger partial charge in [0.05, 0.1) is 32.5 Å². The summed E-state index contributed by atoms with van der Waals surface area (Å²) < 4.78 is 53.3. The highest BCUT2D eigenvalue weighted by molar-refractivity contribution is 5.66. The lowest BCUT2D eigenvalue weighted by Crippen LogP contribution is -2.35. The molecule has 0 saturated carbocycles. The summed E-state index contributed by atoms with van der Waals surface area (Å²) in [7, 11) is 2.98. The Labute approximate surface area is 177 Å². The van der Waals surface area contributed by atoms with E-state index in [1.165, 1.54) is 14.2 Å². The lowest BCUT2D eigenvalue weighted by Gasteiger charge is -2.33. The molecule has 1 aliphatic rings. The van der Waals surface area contributed by atoms with E-state index in [1.807, 2.05) is 0 Å². The number of hydrogen-bond acceptors (Lipinski definition) is 4. The SMILES string of the molecule is [C-]#[N+]c1ccc(-c2cc3n(n2)C(C(F)(F)F)CC(c2ccc(OC)c(OC)c2)N3)cc1. The van der Waals surface area contributed by atoms with Crippen molar-refractivity contribution in [2.45, 2.75) is 24.7 Å². The first-order chi connectivity index (χ1) is 14.8. The van der Waals surface area contributed by atoms with Crippen LogP contribution >= 0.6 is 0 Å². The van der Waals surface area contributed by atoms with Gasteiger partial charge in [-0.3, -0.25) is 0 Å². The number of nitrogens with zero attached hydrogens (tertiary/aromatic N) is 3. The molecule has 0 fully saturated rings. The van der Waals surface area contributed by atoms with Crippen LogP contribution in [0.25, 0.3) is 16.1 Å². The molecular formula is C22H19F3N4O2. The van der Waals surface area contributed by atoms with E-state index in [4.69, 9.17) is 16.0 Å². The van der Waals surface area contributed by atoms with Crippen molar-refractivity contribution in [2.75, 3.05) is 19.5 Å². The average molecular weight is 428 g/mol. The topological polar surface area (TPSA) is 52.7 Å². The van der Waals surface area contributed by atoms with E-state index in [9.17, 15) is 13.2 Å². The van der Waals surface area contributed by atoms with Crippen LogP contribution in [-0.4, -0.2) is 30.2 Å². The van der Waals surface area contributed by atoms with Crippen LogP contribution in [0.5, 0.6) is 11.5 Å². The van der Waals surface area contributed by atoms with Crippen LogP contribution in [0.3, 0.4) is 0 Å². The Morgan fingerprint density at radius 2 is 1.77 bits per heavy atom. The van der Waals surface area contributed by atoms with Crippen molar-refractivity contribution in [2.24, 2.45) is 0 Å². The van der Waals surface area contributed by atoms with E-state index in [0.717, 1.165) is 4.68 Å². The maximum absolute atomic E-state index is 13.9. The highest BCUT2D eigenvalue weighted by Crippen LogP contribution is 2.45. The molecule has 0 saturated heterocycles. The Balaban J connectivity index is 1.73. The highest BCUT2D eigenvalue weighted by Gasteiger charge is 2.46. The lowest BCUT2D eigenvalue weighted by atomic mass is 9.96. The molecule has 3 aromatic rings. The molecule has 4 rings (SSSR count). The summed E-state index contributed by atoms with van der Waals surface area (Å²) in [6.07, 6.45) is -4.69. The number of ether oxygens (including phenoxy) is 2. The quantitative estimate of drug-likeness (QED) is 0.536.